The van der Waals surface area contributed by atoms with Crippen LogP contribution in [0.1, 0.15) is 25.2 Å². The molecule has 2 aliphatic rings. The highest BCUT2D eigenvalue weighted by atomic mass is 16.3. The second-order valence-electron chi connectivity index (χ2n) is 6.34. The van der Waals surface area contributed by atoms with E-state index in [0.29, 0.717) is 5.69 Å². The number of fused-ring (bicyclic) bond motifs is 1. The van der Waals surface area contributed by atoms with Gasteiger partial charge in [-0.05, 0) is 38.7 Å². The lowest BCUT2D eigenvalue weighted by Gasteiger charge is -2.22. The Bertz CT molecular complexity index is 471. The molecule has 19 heavy (non-hydrogen) atoms. The predicted octanol–water partition coefficient (Wildman–Crippen LogP) is 0.668. The van der Waals surface area contributed by atoms with E-state index in [1.165, 1.54) is 0 Å². The Morgan fingerprint density at radius 2 is 1.89 bits per heavy atom. The molecular weight excluding hydrogens is 240 g/mol. The third-order valence-electron chi connectivity index (χ3n) is 4.14. The molecule has 3 rings (SSSR count). The Kier molecular flexibility index (Phi) is 2.98. The Morgan fingerprint density at radius 3 is 2.47 bits per heavy atom. The smallest absolute Gasteiger partial charge is 0.225 e. The molecule has 5 nitrogen and oxygen atoms in total. The normalized spacial score (nSPS) is 26.8. The van der Waals surface area contributed by atoms with Crippen LogP contribution in [0.15, 0.2) is 6.07 Å². The molecule has 104 valence electrons. The molecule has 0 amide bonds. The maximum Gasteiger partial charge on any atom is 0.225 e. The highest BCUT2D eigenvalue weighted by Crippen LogP contribution is 2.29. The molecule has 0 aromatic carbocycles. The van der Waals surface area contributed by atoms with Gasteiger partial charge in [-0.15, -0.1) is 0 Å². The van der Waals surface area contributed by atoms with Crippen molar-refractivity contribution in [3.63, 3.8) is 0 Å². The maximum atomic E-state index is 10.1. The molecule has 0 aliphatic carbocycles. The van der Waals surface area contributed by atoms with E-state index in [9.17, 15) is 5.11 Å². The van der Waals surface area contributed by atoms with Crippen molar-refractivity contribution in [2.75, 3.05) is 31.1 Å². The molecule has 0 radical (unpaired) electrons. The highest BCUT2D eigenvalue weighted by Gasteiger charge is 2.37. The third kappa shape index (κ3) is 2.44. The van der Waals surface area contributed by atoms with Gasteiger partial charge in [-0.25, -0.2) is 9.97 Å². The van der Waals surface area contributed by atoms with Gasteiger partial charge in [0.1, 0.15) is 5.60 Å². The summed E-state index contributed by atoms with van der Waals surface area (Å²) in [4.78, 5) is 11.4. The summed E-state index contributed by atoms with van der Waals surface area (Å²) < 4.78 is 0. The van der Waals surface area contributed by atoms with E-state index in [0.717, 1.165) is 49.7 Å². The summed E-state index contributed by atoms with van der Waals surface area (Å²) >= 11 is 0. The zero-order chi connectivity index (χ0) is 13.6. The number of rotatable bonds is 2. The Morgan fingerprint density at radius 1 is 1.26 bits per heavy atom. The van der Waals surface area contributed by atoms with Gasteiger partial charge in [0.05, 0.1) is 5.69 Å². The first-order valence-corrected chi connectivity index (χ1v) is 6.97. The van der Waals surface area contributed by atoms with E-state index in [4.69, 9.17) is 0 Å². The average Bonchev–Trinajstić information content (AvgIpc) is 2.86. The van der Waals surface area contributed by atoms with Crippen LogP contribution in [0.4, 0.5) is 5.95 Å². The predicted molar refractivity (Wildman–Crippen MR) is 74.1 cm³/mol. The topological polar surface area (TPSA) is 61.3 Å². The standard InChI is InChI=1S/C14H22N4O/c1-9-4-12(14(2,3)19)17-13(16-9)18-7-10-5-15-6-11(10)8-18/h4,10-11,15,19H,5-8H2,1-3H3/t10-,11+. The SMILES string of the molecule is Cc1cc(C(C)(C)O)nc(N2C[C@H]3CNC[C@H]3C2)n1. The summed E-state index contributed by atoms with van der Waals surface area (Å²) in [5, 5.41) is 13.6. The second kappa shape index (κ2) is 4.42. The van der Waals surface area contributed by atoms with E-state index >= 15 is 0 Å². The zero-order valence-corrected chi connectivity index (χ0v) is 11.8. The first-order chi connectivity index (χ1) is 8.93. The molecule has 2 N–H and O–H groups in total. The molecule has 0 bridgehead atoms. The number of aryl methyl sites for hydroxylation is 1. The van der Waals surface area contributed by atoms with E-state index in [-0.39, 0.29) is 0 Å². The van der Waals surface area contributed by atoms with Crippen LogP contribution >= 0.6 is 0 Å². The molecule has 1 aromatic rings. The third-order valence-corrected chi connectivity index (χ3v) is 4.14. The van der Waals surface area contributed by atoms with Gasteiger partial charge in [0, 0.05) is 31.9 Å². The summed E-state index contributed by atoms with van der Waals surface area (Å²) in [5.41, 5.74) is 0.696. The van der Waals surface area contributed by atoms with Crippen molar-refractivity contribution in [1.29, 1.82) is 0 Å². The zero-order valence-electron chi connectivity index (χ0n) is 11.8. The molecule has 0 saturated carbocycles. The molecule has 1 aromatic heterocycles. The van der Waals surface area contributed by atoms with Crippen molar-refractivity contribution in [2.24, 2.45) is 11.8 Å². The lowest BCUT2D eigenvalue weighted by Crippen LogP contribution is -2.28. The van der Waals surface area contributed by atoms with Gasteiger partial charge in [0.15, 0.2) is 0 Å². The van der Waals surface area contributed by atoms with Crippen LogP contribution in [0.2, 0.25) is 0 Å². The minimum absolute atomic E-state index is 0.699. The molecule has 2 aliphatic heterocycles. The van der Waals surface area contributed by atoms with Crippen LogP contribution in [0, 0.1) is 18.8 Å². The quantitative estimate of drug-likeness (QED) is 0.820. The molecule has 2 atom stereocenters. The number of anilines is 1. The fourth-order valence-corrected chi connectivity index (χ4v) is 3.03. The Labute approximate surface area is 114 Å². The van der Waals surface area contributed by atoms with Crippen LogP contribution in [-0.2, 0) is 5.60 Å². The molecular formula is C14H22N4O. The van der Waals surface area contributed by atoms with E-state index < -0.39 is 5.60 Å². The van der Waals surface area contributed by atoms with Gasteiger partial charge >= 0.3 is 0 Å². The van der Waals surface area contributed by atoms with Crippen LogP contribution in [0.5, 0.6) is 0 Å². The monoisotopic (exact) mass is 262 g/mol. The molecule has 5 heteroatoms. The van der Waals surface area contributed by atoms with Gasteiger partial charge in [0.25, 0.3) is 0 Å². The van der Waals surface area contributed by atoms with Crippen LogP contribution in [-0.4, -0.2) is 41.3 Å². The molecule has 2 saturated heterocycles. The van der Waals surface area contributed by atoms with Gasteiger partial charge in [0.2, 0.25) is 5.95 Å². The minimum atomic E-state index is -0.917. The van der Waals surface area contributed by atoms with E-state index in [1.807, 2.05) is 13.0 Å². The largest absolute Gasteiger partial charge is 0.384 e. The van der Waals surface area contributed by atoms with Crippen molar-refractivity contribution in [3.05, 3.63) is 17.5 Å². The highest BCUT2D eigenvalue weighted by molar-refractivity contribution is 5.36. The molecule has 0 unspecified atom stereocenters. The van der Waals surface area contributed by atoms with Crippen molar-refractivity contribution in [3.8, 4) is 0 Å². The summed E-state index contributed by atoms with van der Waals surface area (Å²) in [6.45, 7) is 9.73. The number of hydrogen-bond acceptors (Lipinski definition) is 5. The van der Waals surface area contributed by atoms with Crippen molar-refractivity contribution < 1.29 is 5.11 Å². The second-order valence-corrected chi connectivity index (χ2v) is 6.34. The van der Waals surface area contributed by atoms with E-state index in [1.54, 1.807) is 13.8 Å². The van der Waals surface area contributed by atoms with E-state index in [2.05, 4.69) is 20.2 Å². The van der Waals surface area contributed by atoms with Crippen molar-refractivity contribution in [2.45, 2.75) is 26.4 Å². The van der Waals surface area contributed by atoms with Crippen LogP contribution < -0.4 is 10.2 Å². The first kappa shape index (κ1) is 12.8. The van der Waals surface area contributed by atoms with Crippen molar-refractivity contribution >= 4 is 5.95 Å². The van der Waals surface area contributed by atoms with Crippen LogP contribution in [0.3, 0.4) is 0 Å². The van der Waals surface area contributed by atoms with Gasteiger partial charge in [-0.1, -0.05) is 0 Å². The Balaban J connectivity index is 1.87. The lowest BCUT2D eigenvalue weighted by atomic mass is 10.0. The number of nitrogens with zero attached hydrogens (tertiary/aromatic N) is 3. The number of nitrogens with one attached hydrogen (secondary N) is 1. The van der Waals surface area contributed by atoms with Crippen molar-refractivity contribution in [1.82, 2.24) is 15.3 Å². The number of hydrogen-bond donors (Lipinski definition) is 2. The molecule has 3 heterocycles. The summed E-state index contributed by atoms with van der Waals surface area (Å²) in [5.74, 6) is 2.20. The fraction of sp³-hybridized carbons (Fsp3) is 0.714. The Hall–Kier alpha value is -1.20. The average molecular weight is 262 g/mol. The number of aliphatic hydroxyl groups is 1. The summed E-state index contributed by atoms with van der Waals surface area (Å²) in [6, 6.07) is 1.86. The molecule has 2 fully saturated rings. The minimum Gasteiger partial charge on any atom is -0.384 e. The van der Waals surface area contributed by atoms with Gasteiger partial charge in [-0.3, -0.25) is 0 Å². The maximum absolute atomic E-state index is 10.1. The lowest BCUT2D eigenvalue weighted by molar-refractivity contribution is 0.0737. The molecule has 0 spiro atoms. The van der Waals surface area contributed by atoms with Crippen LogP contribution in [0.25, 0.3) is 0 Å². The summed E-state index contributed by atoms with van der Waals surface area (Å²) in [7, 11) is 0. The fourth-order valence-electron chi connectivity index (χ4n) is 3.03. The summed E-state index contributed by atoms with van der Waals surface area (Å²) in [6.07, 6.45) is 0. The number of aromatic nitrogens is 2. The van der Waals surface area contributed by atoms with Gasteiger partial charge in [-0.2, -0.15) is 0 Å². The van der Waals surface area contributed by atoms with Gasteiger partial charge < -0.3 is 15.3 Å². The first-order valence-electron chi connectivity index (χ1n) is 6.97.